The predicted octanol–water partition coefficient (Wildman–Crippen LogP) is 2.38. The molecule has 5 heteroatoms. The number of amides is 1. The molecule has 0 aliphatic carbocycles. The molecule has 0 aliphatic rings. The normalized spacial score (nSPS) is 14.4. The maximum absolute atomic E-state index is 11.6. The van der Waals surface area contributed by atoms with E-state index in [1.165, 1.54) is 12.3 Å². The van der Waals surface area contributed by atoms with Gasteiger partial charge in [-0.25, -0.2) is 0 Å². The summed E-state index contributed by atoms with van der Waals surface area (Å²) in [5.41, 5.74) is -1.21. The first kappa shape index (κ1) is 13.6. The van der Waals surface area contributed by atoms with Gasteiger partial charge in [0, 0.05) is 11.0 Å². The van der Waals surface area contributed by atoms with Gasteiger partial charge in [-0.2, -0.15) is 0 Å². The van der Waals surface area contributed by atoms with E-state index < -0.39 is 5.60 Å². The molecule has 100 valence electrons. The Morgan fingerprint density at radius 3 is 3.00 bits per heavy atom. The van der Waals surface area contributed by atoms with E-state index >= 15 is 0 Å². The number of carbonyl (C=O) groups excluding carboxylic acids is 1. The van der Waals surface area contributed by atoms with Crippen molar-refractivity contribution in [1.82, 2.24) is 5.32 Å². The van der Waals surface area contributed by atoms with E-state index in [0.717, 1.165) is 4.88 Å². The largest absolute Gasteiger partial charge is 0.466 e. The van der Waals surface area contributed by atoms with Gasteiger partial charge in [-0.05, 0) is 36.6 Å². The highest BCUT2D eigenvalue weighted by molar-refractivity contribution is 7.10. The minimum Gasteiger partial charge on any atom is -0.466 e. The predicted molar refractivity (Wildman–Crippen MR) is 74.6 cm³/mol. The second-order valence-electron chi connectivity index (χ2n) is 4.32. The minimum absolute atomic E-state index is 0.0914. The number of carbonyl (C=O) groups is 1. The average Bonchev–Trinajstić information content (AvgIpc) is 3.06. The van der Waals surface area contributed by atoms with Crippen LogP contribution in [0.25, 0.3) is 6.08 Å². The molecule has 0 saturated heterocycles. The SMILES string of the molecule is C[C@](O)(CNC(=O)/C=C/c1cccs1)c1ccco1. The van der Waals surface area contributed by atoms with Gasteiger partial charge in [0.25, 0.3) is 0 Å². The lowest BCUT2D eigenvalue weighted by Crippen LogP contribution is -2.37. The number of furan rings is 1. The van der Waals surface area contributed by atoms with Crippen LogP contribution in [-0.2, 0) is 10.4 Å². The number of hydrogen-bond acceptors (Lipinski definition) is 4. The molecule has 0 bridgehead atoms. The van der Waals surface area contributed by atoms with Gasteiger partial charge >= 0.3 is 0 Å². The van der Waals surface area contributed by atoms with Crippen LogP contribution in [0.3, 0.4) is 0 Å². The van der Waals surface area contributed by atoms with Crippen LogP contribution in [-0.4, -0.2) is 17.6 Å². The highest BCUT2D eigenvalue weighted by atomic mass is 32.1. The first-order chi connectivity index (χ1) is 9.08. The Labute approximate surface area is 115 Å². The smallest absolute Gasteiger partial charge is 0.244 e. The summed E-state index contributed by atoms with van der Waals surface area (Å²) in [6, 6.07) is 7.22. The molecule has 0 unspecified atom stereocenters. The zero-order valence-corrected chi connectivity index (χ0v) is 11.3. The van der Waals surface area contributed by atoms with E-state index in [-0.39, 0.29) is 12.5 Å². The number of nitrogens with one attached hydrogen (secondary N) is 1. The minimum atomic E-state index is -1.21. The van der Waals surface area contributed by atoms with Crippen molar-refractivity contribution in [1.29, 1.82) is 0 Å². The van der Waals surface area contributed by atoms with E-state index in [1.807, 2.05) is 17.5 Å². The number of hydrogen-bond donors (Lipinski definition) is 2. The van der Waals surface area contributed by atoms with Gasteiger partial charge in [0.05, 0.1) is 12.8 Å². The lowest BCUT2D eigenvalue weighted by Gasteiger charge is -2.20. The van der Waals surface area contributed by atoms with Crippen molar-refractivity contribution in [3.8, 4) is 0 Å². The molecular weight excluding hydrogens is 262 g/mol. The van der Waals surface area contributed by atoms with E-state index in [1.54, 1.807) is 36.5 Å². The van der Waals surface area contributed by atoms with Crippen molar-refractivity contribution in [3.05, 3.63) is 52.6 Å². The zero-order valence-electron chi connectivity index (χ0n) is 10.5. The Bertz CT molecular complexity index is 541. The number of rotatable bonds is 5. The van der Waals surface area contributed by atoms with Crippen molar-refractivity contribution in [2.45, 2.75) is 12.5 Å². The molecule has 2 aromatic heterocycles. The molecule has 0 aliphatic heterocycles. The first-order valence-electron chi connectivity index (χ1n) is 5.84. The molecule has 2 heterocycles. The molecule has 0 aromatic carbocycles. The molecule has 2 aromatic rings. The third-order valence-electron chi connectivity index (χ3n) is 2.60. The summed E-state index contributed by atoms with van der Waals surface area (Å²) in [6.07, 6.45) is 4.67. The Kier molecular flexibility index (Phi) is 4.19. The van der Waals surface area contributed by atoms with Crippen LogP contribution in [0, 0.1) is 0 Å². The summed E-state index contributed by atoms with van der Waals surface area (Å²) in [6.45, 7) is 1.68. The summed E-state index contributed by atoms with van der Waals surface area (Å²) in [4.78, 5) is 12.6. The summed E-state index contributed by atoms with van der Waals surface area (Å²) < 4.78 is 5.13. The van der Waals surface area contributed by atoms with Crippen molar-refractivity contribution in [2.75, 3.05) is 6.54 Å². The van der Waals surface area contributed by atoms with E-state index in [2.05, 4.69) is 5.32 Å². The lowest BCUT2D eigenvalue weighted by molar-refractivity contribution is -0.117. The fraction of sp³-hybridized carbons (Fsp3) is 0.214. The van der Waals surface area contributed by atoms with E-state index in [4.69, 9.17) is 4.42 Å². The van der Waals surface area contributed by atoms with Crippen LogP contribution in [0.4, 0.5) is 0 Å². The molecule has 19 heavy (non-hydrogen) atoms. The van der Waals surface area contributed by atoms with Gasteiger partial charge in [0.2, 0.25) is 5.91 Å². The molecule has 4 nitrogen and oxygen atoms in total. The molecule has 1 amide bonds. The topological polar surface area (TPSA) is 62.5 Å². The first-order valence-corrected chi connectivity index (χ1v) is 6.72. The summed E-state index contributed by atoms with van der Waals surface area (Å²) in [5.74, 6) is 0.176. The Hall–Kier alpha value is -1.85. The molecule has 0 spiro atoms. The van der Waals surface area contributed by atoms with Gasteiger partial charge < -0.3 is 14.8 Å². The van der Waals surface area contributed by atoms with Crippen molar-refractivity contribution in [2.24, 2.45) is 0 Å². The maximum Gasteiger partial charge on any atom is 0.244 e. The molecule has 0 radical (unpaired) electrons. The van der Waals surface area contributed by atoms with Crippen LogP contribution >= 0.6 is 11.3 Å². The Morgan fingerprint density at radius 1 is 1.53 bits per heavy atom. The zero-order chi connectivity index (χ0) is 13.7. The van der Waals surface area contributed by atoms with Gasteiger partial charge in [-0.15, -0.1) is 11.3 Å². The quantitative estimate of drug-likeness (QED) is 0.825. The van der Waals surface area contributed by atoms with Gasteiger partial charge in [-0.3, -0.25) is 4.79 Å². The van der Waals surface area contributed by atoms with Crippen LogP contribution in [0.5, 0.6) is 0 Å². The van der Waals surface area contributed by atoms with Crippen LogP contribution in [0.2, 0.25) is 0 Å². The van der Waals surface area contributed by atoms with Crippen LogP contribution in [0.1, 0.15) is 17.6 Å². The Morgan fingerprint density at radius 2 is 2.37 bits per heavy atom. The van der Waals surface area contributed by atoms with Crippen molar-refractivity contribution >= 4 is 23.3 Å². The highest BCUT2D eigenvalue weighted by Crippen LogP contribution is 2.19. The summed E-state index contributed by atoms with van der Waals surface area (Å²) in [7, 11) is 0. The third-order valence-corrected chi connectivity index (χ3v) is 3.44. The maximum atomic E-state index is 11.6. The molecule has 1 atom stereocenters. The van der Waals surface area contributed by atoms with Crippen LogP contribution in [0.15, 0.2) is 46.4 Å². The fourth-order valence-electron chi connectivity index (χ4n) is 1.53. The van der Waals surface area contributed by atoms with E-state index in [9.17, 15) is 9.90 Å². The number of thiophene rings is 1. The third kappa shape index (κ3) is 3.81. The van der Waals surface area contributed by atoms with Gasteiger partial charge in [-0.1, -0.05) is 6.07 Å². The second-order valence-corrected chi connectivity index (χ2v) is 5.30. The number of aliphatic hydroxyl groups is 1. The van der Waals surface area contributed by atoms with E-state index in [0.29, 0.717) is 5.76 Å². The standard InChI is InChI=1S/C14H15NO3S/c1-14(17,12-5-2-8-18-12)10-15-13(16)7-6-11-4-3-9-19-11/h2-9,17H,10H2,1H3,(H,15,16)/b7-6+/t14-/m0/s1. The highest BCUT2D eigenvalue weighted by Gasteiger charge is 2.26. The Balaban J connectivity index is 1.87. The summed E-state index contributed by atoms with van der Waals surface area (Å²) >= 11 is 1.56. The fourth-order valence-corrected chi connectivity index (χ4v) is 2.15. The second kappa shape index (κ2) is 5.86. The molecule has 0 fully saturated rings. The molecule has 0 saturated carbocycles. The van der Waals surface area contributed by atoms with Crippen molar-refractivity contribution in [3.63, 3.8) is 0 Å². The van der Waals surface area contributed by atoms with Gasteiger partial charge in [0.15, 0.2) is 0 Å². The lowest BCUT2D eigenvalue weighted by atomic mass is 10.0. The molecular formula is C14H15NO3S. The molecule has 2 N–H and O–H groups in total. The van der Waals surface area contributed by atoms with Crippen LogP contribution < -0.4 is 5.32 Å². The monoisotopic (exact) mass is 277 g/mol. The average molecular weight is 277 g/mol. The molecule has 2 rings (SSSR count). The van der Waals surface area contributed by atoms with Gasteiger partial charge in [0.1, 0.15) is 11.4 Å². The summed E-state index contributed by atoms with van der Waals surface area (Å²) in [5, 5.41) is 14.7. The van der Waals surface area contributed by atoms with Crippen molar-refractivity contribution < 1.29 is 14.3 Å².